The lowest BCUT2D eigenvalue weighted by atomic mass is 10.2. The van der Waals surface area contributed by atoms with Crippen LogP contribution in [0.25, 0.3) is 0 Å². The van der Waals surface area contributed by atoms with Crippen LogP contribution >= 0.6 is 0 Å². The molecule has 0 unspecified atom stereocenters. The average molecular weight is 247 g/mol. The van der Waals surface area contributed by atoms with Crippen molar-refractivity contribution in [1.29, 1.82) is 0 Å². The fraction of sp³-hybridized carbons (Fsp3) is 0.500. The third kappa shape index (κ3) is 3.47. The number of hydrogen-bond donors (Lipinski definition) is 1. The zero-order valence-corrected chi connectivity index (χ0v) is 11.1. The number of hydrogen-bond acceptors (Lipinski definition) is 3. The van der Waals surface area contributed by atoms with Crippen molar-refractivity contribution in [2.24, 2.45) is 0 Å². The van der Waals surface area contributed by atoms with Crippen LogP contribution < -0.4 is 5.32 Å². The number of likely N-dealkylation sites (N-methyl/N-ethyl adjacent to an activating group) is 1. The maximum atomic E-state index is 12.0. The van der Waals surface area contributed by atoms with E-state index in [4.69, 9.17) is 0 Å². The van der Waals surface area contributed by atoms with Crippen molar-refractivity contribution < 1.29 is 4.79 Å². The smallest absolute Gasteiger partial charge is 0.241 e. The summed E-state index contributed by atoms with van der Waals surface area (Å²) in [7, 11) is 2.09. The molecule has 98 valence electrons. The Morgan fingerprint density at radius 3 is 2.39 bits per heavy atom. The number of carbonyl (C=O) groups is 1. The summed E-state index contributed by atoms with van der Waals surface area (Å²) in [5.74, 6) is 0.184. The van der Waals surface area contributed by atoms with E-state index in [1.807, 2.05) is 29.2 Å². The Bertz CT molecular complexity index is 394. The van der Waals surface area contributed by atoms with Crippen LogP contribution in [0.5, 0.6) is 0 Å². The minimum Gasteiger partial charge on any atom is -0.376 e. The van der Waals surface area contributed by atoms with Gasteiger partial charge in [-0.15, -0.1) is 0 Å². The van der Waals surface area contributed by atoms with Crippen LogP contribution in [-0.4, -0.2) is 55.5 Å². The van der Waals surface area contributed by atoms with Crippen LogP contribution in [0.15, 0.2) is 24.3 Å². The predicted octanol–water partition coefficient (Wildman–Crippen LogP) is 1.18. The first-order chi connectivity index (χ1) is 8.65. The van der Waals surface area contributed by atoms with Gasteiger partial charge in [0.25, 0.3) is 0 Å². The fourth-order valence-electron chi connectivity index (χ4n) is 2.02. The Labute approximate surface area is 109 Å². The fourth-order valence-corrected chi connectivity index (χ4v) is 2.02. The van der Waals surface area contributed by atoms with Crippen molar-refractivity contribution in [3.63, 3.8) is 0 Å². The molecule has 1 amide bonds. The molecule has 1 aliphatic rings. The van der Waals surface area contributed by atoms with Gasteiger partial charge in [0.05, 0.1) is 6.54 Å². The second kappa shape index (κ2) is 5.87. The predicted molar refractivity (Wildman–Crippen MR) is 73.7 cm³/mol. The molecular formula is C14H21N3O. The van der Waals surface area contributed by atoms with Crippen LogP contribution in [0, 0.1) is 6.92 Å². The minimum absolute atomic E-state index is 0.184. The zero-order chi connectivity index (χ0) is 13.0. The highest BCUT2D eigenvalue weighted by molar-refractivity contribution is 5.81. The van der Waals surface area contributed by atoms with Gasteiger partial charge in [-0.2, -0.15) is 0 Å². The Morgan fingerprint density at radius 2 is 1.78 bits per heavy atom. The van der Waals surface area contributed by atoms with E-state index >= 15 is 0 Å². The van der Waals surface area contributed by atoms with Gasteiger partial charge in [-0.3, -0.25) is 4.79 Å². The van der Waals surface area contributed by atoms with E-state index in [9.17, 15) is 4.79 Å². The molecule has 1 N–H and O–H groups in total. The number of benzene rings is 1. The van der Waals surface area contributed by atoms with Crippen LogP contribution in [0.4, 0.5) is 5.69 Å². The van der Waals surface area contributed by atoms with Gasteiger partial charge in [0.15, 0.2) is 0 Å². The number of nitrogens with one attached hydrogen (secondary N) is 1. The Balaban J connectivity index is 1.79. The Kier molecular flexibility index (Phi) is 4.20. The third-order valence-electron chi connectivity index (χ3n) is 3.35. The van der Waals surface area contributed by atoms with Crippen molar-refractivity contribution in [3.8, 4) is 0 Å². The molecule has 4 heteroatoms. The summed E-state index contributed by atoms with van der Waals surface area (Å²) >= 11 is 0. The molecule has 0 atom stereocenters. The molecule has 1 aliphatic heterocycles. The molecule has 0 aromatic heterocycles. The number of nitrogens with zero attached hydrogens (tertiary/aromatic N) is 2. The van der Waals surface area contributed by atoms with Crippen molar-refractivity contribution in [2.45, 2.75) is 6.92 Å². The molecule has 4 nitrogen and oxygen atoms in total. The van der Waals surface area contributed by atoms with Gasteiger partial charge in [-0.05, 0) is 26.1 Å². The van der Waals surface area contributed by atoms with E-state index in [2.05, 4.69) is 24.2 Å². The van der Waals surface area contributed by atoms with Gasteiger partial charge in [-0.1, -0.05) is 17.7 Å². The van der Waals surface area contributed by atoms with Gasteiger partial charge < -0.3 is 15.1 Å². The van der Waals surface area contributed by atoms with Crippen molar-refractivity contribution >= 4 is 11.6 Å². The summed E-state index contributed by atoms with van der Waals surface area (Å²) < 4.78 is 0. The molecule has 1 heterocycles. The summed E-state index contributed by atoms with van der Waals surface area (Å²) in [6.45, 7) is 6.05. The minimum atomic E-state index is 0.184. The lowest BCUT2D eigenvalue weighted by molar-refractivity contribution is -0.130. The highest BCUT2D eigenvalue weighted by Crippen LogP contribution is 2.08. The molecule has 1 fully saturated rings. The van der Waals surface area contributed by atoms with E-state index in [-0.39, 0.29) is 5.91 Å². The summed E-state index contributed by atoms with van der Waals surface area (Å²) in [5, 5.41) is 3.18. The monoisotopic (exact) mass is 247 g/mol. The maximum Gasteiger partial charge on any atom is 0.241 e. The number of piperazine rings is 1. The first-order valence-corrected chi connectivity index (χ1v) is 6.42. The lowest BCUT2D eigenvalue weighted by Crippen LogP contribution is -2.48. The van der Waals surface area contributed by atoms with Gasteiger partial charge in [0.2, 0.25) is 5.91 Å². The summed E-state index contributed by atoms with van der Waals surface area (Å²) in [6, 6.07) is 8.10. The highest BCUT2D eigenvalue weighted by Gasteiger charge is 2.18. The van der Waals surface area contributed by atoms with Gasteiger partial charge >= 0.3 is 0 Å². The molecule has 0 radical (unpaired) electrons. The molecule has 0 spiro atoms. The van der Waals surface area contributed by atoms with Gasteiger partial charge in [0, 0.05) is 31.9 Å². The molecule has 0 saturated carbocycles. The van der Waals surface area contributed by atoms with E-state index in [0.29, 0.717) is 6.54 Å². The maximum absolute atomic E-state index is 12.0. The van der Waals surface area contributed by atoms with Gasteiger partial charge in [0.1, 0.15) is 0 Å². The summed E-state index contributed by atoms with van der Waals surface area (Å²) in [5.41, 5.74) is 2.23. The van der Waals surface area contributed by atoms with E-state index in [1.54, 1.807) is 0 Å². The standard InChI is InChI=1S/C14H21N3O/c1-12-3-5-13(6-4-12)15-11-14(18)17-9-7-16(2)8-10-17/h3-6,15H,7-11H2,1-2H3. The van der Waals surface area contributed by atoms with E-state index in [1.165, 1.54) is 5.56 Å². The van der Waals surface area contributed by atoms with Crippen LogP contribution in [0.3, 0.4) is 0 Å². The average Bonchev–Trinajstić information content (AvgIpc) is 2.38. The topological polar surface area (TPSA) is 35.6 Å². The van der Waals surface area contributed by atoms with Crippen LogP contribution in [0.1, 0.15) is 5.56 Å². The van der Waals surface area contributed by atoms with E-state index in [0.717, 1.165) is 31.9 Å². The molecule has 1 aromatic rings. The van der Waals surface area contributed by atoms with Gasteiger partial charge in [-0.25, -0.2) is 0 Å². The number of aryl methyl sites for hydroxylation is 1. The SMILES string of the molecule is Cc1ccc(NCC(=O)N2CCN(C)CC2)cc1. The third-order valence-corrected chi connectivity index (χ3v) is 3.35. The molecular weight excluding hydrogens is 226 g/mol. The number of rotatable bonds is 3. The molecule has 1 saturated heterocycles. The summed E-state index contributed by atoms with van der Waals surface area (Å²) in [4.78, 5) is 16.2. The van der Waals surface area contributed by atoms with Crippen molar-refractivity contribution in [2.75, 3.05) is 45.1 Å². The second-order valence-electron chi connectivity index (χ2n) is 4.90. The molecule has 2 rings (SSSR count). The first-order valence-electron chi connectivity index (χ1n) is 6.42. The molecule has 0 bridgehead atoms. The lowest BCUT2D eigenvalue weighted by Gasteiger charge is -2.32. The molecule has 18 heavy (non-hydrogen) atoms. The van der Waals surface area contributed by atoms with Crippen molar-refractivity contribution in [3.05, 3.63) is 29.8 Å². The highest BCUT2D eigenvalue weighted by atomic mass is 16.2. The molecule has 0 aliphatic carbocycles. The number of anilines is 1. The van der Waals surface area contributed by atoms with Crippen molar-refractivity contribution in [1.82, 2.24) is 9.80 Å². The summed E-state index contributed by atoms with van der Waals surface area (Å²) in [6.07, 6.45) is 0. The normalized spacial score (nSPS) is 16.7. The first kappa shape index (κ1) is 12.9. The van der Waals surface area contributed by atoms with E-state index < -0.39 is 0 Å². The van der Waals surface area contributed by atoms with Crippen LogP contribution in [-0.2, 0) is 4.79 Å². The largest absolute Gasteiger partial charge is 0.376 e. The molecule has 1 aromatic carbocycles. The second-order valence-corrected chi connectivity index (χ2v) is 4.90. The number of carbonyl (C=O) groups excluding carboxylic acids is 1. The van der Waals surface area contributed by atoms with Crippen LogP contribution in [0.2, 0.25) is 0 Å². The number of amides is 1. The quantitative estimate of drug-likeness (QED) is 0.871. The Morgan fingerprint density at radius 1 is 1.17 bits per heavy atom. The Hall–Kier alpha value is -1.55. The zero-order valence-electron chi connectivity index (χ0n) is 11.1.